The molecule has 1 aromatic rings. The maximum atomic E-state index is 12.5. The third-order valence-corrected chi connectivity index (χ3v) is 5.88. The van der Waals surface area contributed by atoms with Gasteiger partial charge < -0.3 is 20.3 Å². The van der Waals surface area contributed by atoms with E-state index in [2.05, 4.69) is 12.1 Å². The van der Waals surface area contributed by atoms with Crippen LogP contribution in [-0.4, -0.2) is 60.1 Å². The van der Waals surface area contributed by atoms with Crippen LogP contribution in [0.4, 0.5) is 4.79 Å². The summed E-state index contributed by atoms with van der Waals surface area (Å²) in [5.41, 5.74) is 6.40. The summed E-state index contributed by atoms with van der Waals surface area (Å²) in [4.78, 5) is 28.7. The third kappa shape index (κ3) is 4.66. The molecule has 1 unspecified atom stereocenters. The molecule has 6 heteroatoms. The molecule has 2 N–H and O–H groups in total. The van der Waals surface area contributed by atoms with Gasteiger partial charge in [-0.1, -0.05) is 30.3 Å². The molecule has 2 heterocycles. The Kier molecular flexibility index (Phi) is 5.98. The first-order valence-corrected chi connectivity index (χ1v) is 10.2. The van der Waals surface area contributed by atoms with Gasteiger partial charge in [0.2, 0.25) is 5.91 Å². The number of ether oxygens (including phenoxy) is 1. The zero-order valence-corrected chi connectivity index (χ0v) is 17.3. The molecule has 0 bridgehead atoms. The van der Waals surface area contributed by atoms with E-state index in [0.717, 1.165) is 19.4 Å². The minimum absolute atomic E-state index is 0.140. The first kappa shape index (κ1) is 20.6. The number of hydrogen-bond donors (Lipinski definition) is 1. The van der Waals surface area contributed by atoms with Gasteiger partial charge in [0.1, 0.15) is 5.60 Å². The summed E-state index contributed by atoms with van der Waals surface area (Å²) < 4.78 is 5.54. The normalized spacial score (nSPS) is 22.4. The minimum atomic E-state index is -0.496. The van der Waals surface area contributed by atoms with E-state index in [1.807, 2.05) is 43.9 Å². The van der Waals surface area contributed by atoms with Crippen LogP contribution in [0.25, 0.3) is 0 Å². The first-order valence-electron chi connectivity index (χ1n) is 10.2. The van der Waals surface area contributed by atoms with E-state index in [-0.39, 0.29) is 23.3 Å². The summed E-state index contributed by atoms with van der Waals surface area (Å²) >= 11 is 0. The Morgan fingerprint density at radius 2 is 1.86 bits per heavy atom. The summed E-state index contributed by atoms with van der Waals surface area (Å²) in [6.45, 7) is 8.89. The highest BCUT2D eigenvalue weighted by atomic mass is 16.6. The molecule has 2 fully saturated rings. The number of nitrogens with zero attached hydrogens (tertiary/aromatic N) is 2. The van der Waals surface area contributed by atoms with Crippen molar-refractivity contribution in [2.24, 2.45) is 11.7 Å². The molecule has 1 aromatic carbocycles. The maximum absolute atomic E-state index is 12.5. The number of carbonyl (C=O) groups excluding carboxylic acids is 2. The molecule has 2 amide bonds. The molecular formula is C22H33N3O3. The highest BCUT2D eigenvalue weighted by molar-refractivity contribution is 5.78. The average molecular weight is 388 g/mol. The number of benzene rings is 1. The zero-order chi connectivity index (χ0) is 20.4. The van der Waals surface area contributed by atoms with Gasteiger partial charge in [-0.15, -0.1) is 0 Å². The van der Waals surface area contributed by atoms with Gasteiger partial charge in [0.05, 0.1) is 0 Å². The number of nitrogens with two attached hydrogens (primary N) is 1. The van der Waals surface area contributed by atoms with Crippen LogP contribution in [0.2, 0.25) is 0 Å². The smallest absolute Gasteiger partial charge is 0.410 e. The number of piperidine rings is 1. The fraction of sp³-hybridized carbons (Fsp3) is 0.636. The van der Waals surface area contributed by atoms with Crippen LogP contribution in [0, 0.1) is 5.92 Å². The predicted molar refractivity (Wildman–Crippen MR) is 109 cm³/mol. The van der Waals surface area contributed by atoms with Gasteiger partial charge in [0, 0.05) is 38.0 Å². The van der Waals surface area contributed by atoms with E-state index in [0.29, 0.717) is 32.6 Å². The Morgan fingerprint density at radius 1 is 1.21 bits per heavy atom. The van der Waals surface area contributed by atoms with Crippen LogP contribution < -0.4 is 5.73 Å². The number of rotatable bonds is 4. The second-order valence-electron chi connectivity index (χ2n) is 9.19. The van der Waals surface area contributed by atoms with E-state index in [1.54, 1.807) is 4.90 Å². The van der Waals surface area contributed by atoms with Crippen molar-refractivity contribution in [3.8, 4) is 0 Å². The van der Waals surface area contributed by atoms with Gasteiger partial charge in [-0.05, 0) is 51.6 Å². The second kappa shape index (κ2) is 8.11. The van der Waals surface area contributed by atoms with Gasteiger partial charge in [-0.3, -0.25) is 4.79 Å². The average Bonchev–Trinajstić information content (AvgIpc) is 3.01. The van der Waals surface area contributed by atoms with Gasteiger partial charge in [0.15, 0.2) is 0 Å². The Balaban J connectivity index is 1.75. The lowest BCUT2D eigenvalue weighted by Crippen LogP contribution is -2.51. The van der Waals surface area contributed by atoms with Crippen molar-refractivity contribution in [2.45, 2.75) is 51.0 Å². The maximum Gasteiger partial charge on any atom is 0.410 e. The summed E-state index contributed by atoms with van der Waals surface area (Å²) in [5, 5.41) is 0. The highest BCUT2D eigenvalue weighted by Gasteiger charge is 2.42. The predicted octanol–water partition coefficient (Wildman–Crippen LogP) is 2.76. The molecule has 0 spiro atoms. The van der Waals surface area contributed by atoms with Crippen molar-refractivity contribution >= 4 is 12.0 Å². The van der Waals surface area contributed by atoms with Gasteiger partial charge in [0.25, 0.3) is 0 Å². The molecule has 1 atom stereocenters. The summed E-state index contributed by atoms with van der Waals surface area (Å²) in [7, 11) is 0. The lowest BCUT2D eigenvalue weighted by molar-refractivity contribution is -0.128. The molecule has 6 nitrogen and oxygen atoms in total. The fourth-order valence-corrected chi connectivity index (χ4v) is 4.30. The molecule has 0 radical (unpaired) electrons. The summed E-state index contributed by atoms with van der Waals surface area (Å²) in [6.07, 6.45) is 1.92. The van der Waals surface area contributed by atoms with Crippen molar-refractivity contribution in [3.63, 3.8) is 0 Å². The summed E-state index contributed by atoms with van der Waals surface area (Å²) in [5.74, 6) is 0.447. The molecule has 3 rings (SSSR count). The van der Waals surface area contributed by atoms with Crippen LogP contribution in [0.5, 0.6) is 0 Å². The molecule has 2 saturated heterocycles. The van der Waals surface area contributed by atoms with E-state index in [1.165, 1.54) is 5.56 Å². The Morgan fingerprint density at radius 3 is 2.39 bits per heavy atom. The second-order valence-corrected chi connectivity index (χ2v) is 9.19. The Hall–Kier alpha value is -2.08. The number of carbonyl (C=O) groups is 2. The summed E-state index contributed by atoms with van der Waals surface area (Å²) in [6, 6.07) is 10.4. The Bertz CT molecular complexity index is 691. The topological polar surface area (TPSA) is 75.9 Å². The molecule has 0 aliphatic carbocycles. The molecule has 2 aliphatic heterocycles. The van der Waals surface area contributed by atoms with Crippen molar-refractivity contribution in [3.05, 3.63) is 35.9 Å². The van der Waals surface area contributed by atoms with Crippen LogP contribution in [0.15, 0.2) is 30.3 Å². The van der Waals surface area contributed by atoms with Crippen molar-refractivity contribution < 1.29 is 14.3 Å². The van der Waals surface area contributed by atoms with E-state index in [9.17, 15) is 9.59 Å². The minimum Gasteiger partial charge on any atom is -0.444 e. The van der Waals surface area contributed by atoms with Crippen LogP contribution in [0.1, 0.15) is 45.6 Å². The van der Waals surface area contributed by atoms with Crippen LogP contribution in [-0.2, 0) is 14.9 Å². The lowest BCUT2D eigenvalue weighted by Gasteiger charge is -2.44. The number of amides is 2. The quantitative estimate of drug-likeness (QED) is 0.862. The SMILES string of the molecule is CC(C)(C)OC(=O)N1CCC(CN2CC(CN)CC2=O)(c2ccccc2)CC1. The van der Waals surface area contributed by atoms with Crippen molar-refractivity contribution in [1.82, 2.24) is 9.80 Å². The molecule has 0 aromatic heterocycles. The molecular weight excluding hydrogens is 354 g/mol. The number of likely N-dealkylation sites (tertiary alicyclic amines) is 2. The molecule has 28 heavy (non-hydrogen) atoms. The molecule has 154 valence electrons. The lowest BCUT2D eigenvalue weighted by atomic mass is 9.72. The third-order valence-electron chi connectivity index (χ3n) is 5.88. The first-order chi connectivity index (χ1) is 13.2. The van der Waals surface area contributed by atoms with Gasteiger partial charge in [-0.25, -0.2) is 4.79 Å². The van der Waals surface area contributed by atoms with E-state index >= 15 is 0 Å². The standard InChI is InChI=1S/C22H33N3O3/c1-21(2,3)28-20(27)24-11-9-22(10-12-24,18-7-5-4-6-8-18)16-25-15-17(14-23)13-19(25)26/h4-8,17H,9-16,23H2,1-3H3. The highest BCUT2D eigenvalue weighted by Crippen LogP contribution is 2.38. The largest absolute Gasteiger partial charge is 0.444 e. The van der Waals surface area contributed by atoms with Crippen molar-refractivity contribution in [2.75, 3.05) is 32.7 Å². The molecule has 0 saturated carbocycles. The van der Waals surface area contributed by atoms with Crippen molar-refractivity contribution in [1.29, 1.82) is 0 Å². The van der Waals surface area contributed by atoms with Crippen LogP contribution in [0.3, 0.4) is 0 Å². The monoisotopic (exact) mass is 387 g/mol. The van der Waals surface area contributed by atoms with Gasteiger partial charge in [-0.2, -0.15) is 0 Å². The van der Waals surface area contributed by atoms with Gasteiger partial charge >= 0.3 is 6.09 Å². The Labute approximate surface area is 168 Å². The fourth-order valence-electron chi connectivity index (χ4n) is 4.30. The number of hydrogen-bond acceptors (Lipinski definition) is 4. The van der Waals surface area contributed by atoms with E-state index < -0.39 is 5.60 Å². The molecule has 2 aliphatic rings. The van der Waals surface area contributed by atoms with E-state index in [4.69, 9.17) is 10.5 Å². The zero-order valence-electron chi connectivity index (χ0n) is 17.3. The van der Waals surface area contributed by atoms with Crippen LogP contribution >= 0.6 is 0 Å².